The minimum atomic E-state index is -0.702. The first kappa shape index (κ1) is 16.0. The Kier molecular flexibility index (Phi) is 4.40. The highest BCUT2D eigenvalue weighted by atomic mass is 16.6. The van der Waals surface area contributed by atoms with Crippen LogP contribution in [0.3, 0.4) is 0 Å². The molecule has 4 nitrogen and oxygen atoms in total. The van der Waals surface area contributed by atoms with Crippen molar-refractivity contribution in [3.63, 3.8) is 0 Å². The number of esters is 1. The molecule has 0 radical (unpaired) electrons. The Bertz CT molecular complexity index is 493. The van der Waals surface area contributed by atoms with Crippen molar-refractivity contribution in [2.24, 2.45) is 17.8 Å². The van der Waals surface area contributed by atoms with E-state index in [2.05, 4.69) is 19.7 Å². The van der Waals surface area contributed by atoms with Gasteiger partial charge in [-0.05, 0) is 24.3 Å². The maximum absolute atomic E-state index is 11.7. The van der Waals surface area contributed by atoms with Crippen molar-refractivity contribution in [1.82, 2.24) is 0 Å². The molecule has 0 aromatic carbocycles. The summed E-state index contributed by atoms with van der Waals surface area (Å²) in [5, 5.41) is 20.3. The Morgan fingerprint density at radius 2 is 1.76 bits per heavy atom. The second-order valence-corrected chi connectivity index (χ2v) is 5.81. The third kappa shape index (κ3) is 2.36. The summed E-state index contributed by atoms with van der Waals surface area (Å²) >= 11 is 0. The van der Waals surface area contributed by atoms with Crippen LogP contribution in [0, 0.1) is 17.8 Å². The molecular formula is C17H24O4. The molecule has 0 bridgehead atoms. The Morgan fingerprint density at radius 3 is 2.38 bits per heavy atom. The van der Waals surface area contributed by atoms with Crippen LogP contribution in [0.5, 0.6) is 0 Å². The zero-order valence-electron chi connectivity index (χ0n) is 12.7. The molecule has 3 aliphatic rings. The second-order valence-electron chi connectivity index (χ2n) is 5.81. The van der Waals surface area contributed by atoms with Gasteiger partial charge >= 0.3 is 5.97 Å². The molecule has 0 aromatic rings. The second kappa shape index (κ2) is 5.78. The first-order valence-corrected chi connectivity index (χ1v) is 7.54. The van der Waals surface area contributed by atoms with Crippen LogP contribution in [0.4, 0.5) is 0 Å². The molecule has 0 amide bonds. The first-order chi connectivity index (χ1) is 9.91. The van der Waals surface area contributed by atoms with Gasteiger partial charge in [0.2, 0.25) is 0 Å². The van der Waals surface area contributed by atoms with E-state index in [0.717, 1.165) is 5.57 Å². The Morgan fingerprint density at radius 1 is 1.14 bits per heavy atom. The maximum Gasteiger partial charge on any atom is 0.334 e. The average Bonchev–Trinajstić information content (AvgIpc) is 2.87. The van der Waals surface area contributed by atoms with E-state index < -0.39 is 30.2 Å². The van der Waals surface area contributed by atoms with Gasteiger partial charge in [-0.2, -0.15) is 0 Å². The lowest BCUT2D eigenvalue weighted by atomic mass is 9.81. The van der Waals surface area contributed by atoms with E-state index in [0.29, 0.717) is 24.0 Å². The van der Waals surface area contributed by atoms with Gasteiger partial charge in [0.15, 0.2) is 0 Å². The van der Waals surface area contributed by atoms with Gasteiger partial charge in [-0.3, -0.25) is 0 Å². The summed E-state index contributed by atoms with van der Waals surface area (Å²) in [6.45, 7) is 15.7. The number of fused-ring (bicyclic) bond motifs is 3. The predicted molar refractivity (Wildman–Crippen MR) is 80.4 cm³/mol. The minimum absolute atomic E-state index is 0.0193. The van der Waals surface area contributed by atoms with Gasteiger partial charge in [0.25, 0.3) is 0 Å². The molecule has 2 aliphatic carbocycles. The molecule has 1 saturated heterocycles. The molecule has 4 heteroatoms. The molecule has 1 aliphatic heterocycles. The normalized spacial score (nSPS) is 41.7. The number of hydrogen-bond acceptors (Lipinski definition) is 4. The number of carbonyl (C=O) groups is 1. The standard InChI is InChI=1S/C15H18O4.C2H6/c1-6-4-11(17)13-8(3)15(18)19-14(13)12-7(2)10(16)5-9(6)12;1-2/h9-14,16-17H,1-5H2;1-2H3. The molecule has 21 heavy (non-hydrogen) atoms. The number of aliphatic hydroxyl groups is 2. The summed E-state index contributed by atoms with van der Waals surface area (Å²) in [6, 6.07) is 0. The third-order valence-electron chi connectivity index (χ3n) is 4.79. The van der Waals surface area contributed by atoms with Crippen LogP contribution < -0.4 is 0 Å². The van der Waals surface area contributed by atoms with Crippen molar-refractivity contribution < 1.29 is 19.7 Å². The molecule has 2 N–H and O–H groups in total. The van der Waals surface area contributed by atoms with Crippen LogP contribution in [0.1, 0.15) is 26.7 Å². The fourth-order valence-corrected chi connectivity index (χ4v) is 3.78. The number of aliphatic hydroxyl groups excluding tert-OH is 2. The fraction of sp³-hybridized carbons (Fsp3) is 0.588. The quantitative estimate of drug-likeness (QED) is 0.407. The van der Waals surface area contributed by atoms with Crippen LogP contribution in [-0.4, -0.2) is 34.5 Å². The predicted octanol–water partition coefficient (Wildman–Crippen LogP) is 1.98. The third-order valence-corrected chi connectivity index (χ3v) is 4.79. The zero-order chi connectivity index (χ0) is 15.9. The molecule has 2 saturated carbocycles. The zero-order valence-corrected chi connectivity index (χ0v) is 12.7. The number of ether oxygens (including phenoxy) is 1. The lowest BCUT2D eigenvalue weighted by molar-refractivity contribution is -0.141. The molecule has 0 aromatic heterocycles. The van der Waals surface area contributed by atoms with E-state index in [1.807, 2.05) is 13.8 Å². The van der Waals surface area contributed by atoms with Gasteiger partial charge < -0.3 is 14.9 Å². The van der Waals surface area contributed by atoms with E-state index >= 15 is 0 Å². The highest BCUT2D eigenvalue weighted by molar-refractivity contribution is 5.91. The molecule has 6 unspecified atom stereocenters. The molecule has 0 spiro atoms. The number of rotatable bonds is 0. The summed E-state index contributed by atoms with van der Waals surface area (Å²) in [6.07, 6.45) is -0.800. The van der Waals surface area contributed by atoms with Crippen LogP contribution >= 0.6 is 0 Å². The monoisotopic (exact) mass is 292 g/mol. The van der Waals surface area contributed by atoms with Crippen LogP contribution in [0.25, 0.3) is 0 Å². The van der Waals surface area contributed by atoms with Crippen molar-refractivity contribution >= 4 is 5.97 Å². The first-order valence-electron chi connectivity index (χ1n) is 7.54. The fourth-order valence-electron chi connectivity index (χ4n) is 3.78. The highest BCUT2D eigenvalue weighted by Gasteiger charge is 2.55. The van der Waals surface area contributed by atoms with Crippen molar-refractivity contribution in [2.75, 3.05) is 0 Å². The Hall–Kier alpha value is -1.39. The van der Waals surface area contributed by atoms with Gasteiger partial charge in [0, 0.05) is 11.5 Å². The number of carbonyl (C=O) groups excluding carboxylic acids is 1. The van der Waals surface area contributed by atoms with Crippen molar-refractivity contribution in [3.05, 3.63) is 36.5 Å². The van der Waals surface area contributed by atoms with Crippen molar-refractivity contribution in [2.45, 2.75) is 45.0 Å². The molecule has 3 rings (SSSR count). The molecule has 1 heterocycles. The van der Waals surface area contributed by atoms with Gasteiger partial charge in [-0.25, -0.2) is 4.79 Å². The lowest BCUT2D eigenvalue weighted by Gasteiger charge is -2.26. The minimum Gasteiger partial charge on any atom is -0.458 e. The summed E-state index contributed by atoms with van der Waals surface area (Å²) in [7, 11) is 0. The summed E-state index contributed by atoms with van der Waals surface area (Å²) in [5.74, 6) is -1.01. The number of hydrogen-bond donors (Lipinski definition) is 2. The molecule has 116 valence electrons. The van der Waals surface area contributed by atoms with Gasteiger partial charge in [0.05, 0.1) is 18.1 Å². The smallest absolute Gasteiger partial charge is 0.334 e. The van der Waals surface area contributed by atoms with Gasteiger partial charge in [-0.1, -0.05) is 39.2 Å². The summed E-state index contributed by atoms with van der Waals surface area (Å²) in [4.78, 5) is 11.7. The van der Waals surface area contributed by atoms with Crippen molar-refractivity contribution in [1.29, 1.82) is 0 Å². The van der Waals surface area contributed by atoms with E-state index in [1.165, 1.54) is 0 Å². The van der Waals surface area contributed by atoms with E-state index in [-0.39, 0.29) is 11.8 Å². The lowest BCUT2D eigenvalue weighted by Crippen LogP contribution is -2.33. The Labute approximate surface area is 125 Å². The summed E-state index contributed by atoms with van der Waals surface area (Å²) < 4.78 is 5.40. The van der Waals surface area contributed by atoms with Crippen LogP contribution in [0.2, 0.25) is 0 Å². The average molecular weight is 292 g/mol. The SMILES string of the molecule is C=C1CC(O)C2C(=C)C(=O)OC2C2C(=C)C(O)CC12.CC. The van der Waals surface area contributed by atoms with Gasteiger partial charge in [-0.15, -0.1) is 0 Å². The maximum atomic E-state index is 11.7. The summed E-state index contributed by atoms with van der Waals surface area (Å²) in [5.41, 5.74) is 1.89. The topological polar surface area (TPSA) is 66.8 Å². The van der Waals surface area contributed by atoms with Crippen LogP contribution in [-0.2, 0) is 9.53 Å². The highest BCUT2D eigenvalue weighted by Crippen LogP contribution is 2.51. The molecule has 3 fully saturated rings. The van der Waals surface area contributed by atoms with E-state index in [1.54, 1.807) is 0 Å². The van der Waals surface area contributed by atoms with Crippen LogP contribution in [0.15, 0.2) is 36.5 Å². The van der Waals surface area contributed by atoms with Crippen molar-refractivity contribution in [3.8, 4) is 0 Å². The molecule has 6 atom stereocenters. The van der Waals surface area contributed by atoms with Gasteiger partial charge in [0.1, 0.15) is 6.10 Å². The Balaban J connectivity index is 0.000000774. The van der Waals surface area contributed by atoms with E-state index in [4.69, 9.17) is 4.74 Å². The largest absolute Gasteiger partial charge is 0.458 e. The van der Waals surface area contributed by atoms with E-state index in [9.17, 15) is 15.0 Å². The molecular weight excluding hydrogens is 268 g/mol.